The summed E-state index contributed by atoms with van der Waals surface area (Å²) in [4.78, 5) is 10.9. The molecule has 4 heteroatoms. The first-order chi connectivity index (χ1) is 6.09. The number of cyclic esters (lactones) is 1. The lowest BCUT2D eigenvalue weighted by Gasteiger charge is -2.21. The second-order valence-corrected chi connectivity index (χ2v) is 4.02. The molecule has 1 N–H and O–H groups in total. The molecule has 2 rings (SSSR count). The maximum Gasteiger partial charge on any atom is 0.306 e. The van der Waals surface area contributed by atoms with E-state index in [4.69, 9.17) is 9.47 Å². The molecular formula is C9H15NO3. The lowest BCUT2D eigenvalue weighted by atomic mass is 10.1. The number of hydrogen-bond acceptors (Lipinski definition) is 4. The van der Waals surface area contributed by atoms with Gasteiger partial charge in [0.15, 0.2) is 0 Å². The van der Waals surface area contributed by atoms with Crippen molar-refractivity contribution >= 4 is 5.97 Å². The van der Waals surface area contributed by atoms with Gasteiger partial charge in [-0.05, 0) is 20.3 Å². The average molecular weight is 185 g/mol. The molecule has 74 valence electrons. The van der Waals surface area contributed by atoms with Crippen molar-refractivity contribution in [2.45, 2.75) is 44.6 Å². The van der Waals surface area contributed by atoms with Gasteiger partial charge < -0.3 is 9.47 Å². The highest BCUT2D eigenvalue weighted by Gasteiger charge is 2.42. The molecule has 0 radical (unpaired) electrons. The molecule has 0 aromatic heterocycles. The molecule has 0 aromatic rings. The summed E-state index contributed by atoms with van der Waals surface area (Å²) in [6.07, 6.45) is 1.39. The van der Waals surface area contributed by atoms with E-state index in [1.54, 1.807) is 0 Å². The first kappa shape index (κ1) is 8.97. The van der Waals surface area contributed by atoms with E-state index in [1.165, 1.54) is 0 Å². The zero-order valence-corrected chi connectivity index (χ0v) is 8.00. The smallest absolute Gasteiger partial charge is 0.306 e. The Labute approximate surface area is 77.6 Å². The van der Waals surface area contributed by atoms with Gasteiger partial charge in [-0.25, -0.2) is 0 Å². The van der Waals surface area contributed by atoms with Crippen LogP contribution < -0.4 is 5.32 Å². The minimum absolute atomic E-state index is 0.0218. The van der Waals surface area contributed by atoms with Crippen LogP contribution in [0.4, 0.5) is 0 Å². The van der Waals surface area contributed by atoms with E-state index in [-0.39, 0.29) is 23.8 Å². The van der Waals surface area contributed by atoms with Crippen LogP contribution in [0.2, 0.25) is 0 Å². The standard InChI is InChI=1S/C9H15NO3/c1-6(10-9(2)5-12-9)7-3-4-8(11)13-7/h6-7,10H,3-5H2,1-2H3. The quantitative estimate of drug-likeness (QED) is 0.511. The normalized spacial score (nSPS) is 40.2. The Hall–Kier alpha value is -0.610. The molecule has 0 amide bonds. The number of carbonyl (C=O) groups is 1. The predicted octanol–water partition coefficient (Wildman–Crippen LogP) is 0.416. The largest absolute Gasteiger partial charge is 0.461 e. The highest BCUT2D eigenvalue weighted by atomic mass is 16.6. The monoisotopic (exact) mass is 185 g/mol. The second-order valence-electron chi connectivity index (χ2n) is 4.02. The summed E-state index contributed by atoms with van der Waals surface area (Å²) in [7, 11) is 0. The van der Waals surface area contributed by atoms with Crippen molar-refractivity contribution in [1.82, 2.24) is 5.32 Å². The van der Waals surface area contributed by atoms with Crippen molar-refractivity contribution in [3.63, 3.8) is 0 Å². The fourth-order valence-electron chi connectivity index (χ4n) is 1.66. The van der Waals surface area contributed by atoms with E-state index in [0.717, 1.165) is 13.0 Å². The summed E-state index contributed by atoms with van der Waals surface area (Å²) in [5, 5.41) is 3.29. The zero-order chi connectivity index (χ0) is 9.47. The first-order valence-electron chi connectivity index (χ1n) is 4.70. The van der Waals surface area contributed by atoms with Crippen LogP contribution in [0.15, 0.2) is 0 Å². The third-order valence-electron chi connectivity index (χ3n) is 2.58. The van der Waals surface area contributed by atoms with Gasteiger partial charge in [0.2, 0.25) is 0 Å². The van der Waals surface area contributed by atoms with Crippen LogP contribution in [-0.4, -0.2) is 30.4 Å². The molecule has 2 aliphatic heterocycles. The Morgan fingerprint density at radius 2 is 2.38 bits per heavy atom. The van der Waals surface area contributed by atoms with Gasteiger partial charge in [-0.3, -0.25) is 10.1 Å². The van der Waals surface area contributed by atoms with Gasteiger partial charge in [-0.1, -0.05) is 0 Å². The highest BCUT2D eigenvalue weighted by molar-refractivity contribution is 5.71. The SMILES string of the molecule is CC(NC1(C)CO1)C1CCC(=O)O1. The molecule has 2 saturated heterocycles. The molecule has 3 unspecified atom stereocenters. The Bertz CT molecular complexity index is 225. The molecule has 0 spiro atoms. The topological polar surface area (TPSA) is 50.9 Å². The van der Waals surface area contributed by atoms with Gasteiger partial charge in [-0.2, -0.15) is 0 Å². The van der Waals surface area contributed by atoms with Crippen molar-refractivity contribution in [2.24, 2.45) is 0 Å². The van der Waals surface area contributed by atoms with Crippen LogP contribution >= 0.6 is 0 Å². The van der Waals surface area contributed by atoms with Crippen LogP contribution in [0, 0.1) is 0 Å². The fraction of sp³-hybridized carbons (Fsp3) is 0.889. The Morgan fingerprint density at radius 3 is 2.85 bits per heavy atom. The molecule has 0 saturated carbocycles. The number of carbonyl (C=O) groups excluding carboxylic acids is 1. The summed E-state index contributed by atoms with van der Waals surface area (Å²) in [5.41, 5.74) is -0.172. The summed E-state index contributed by atoms with van der Waals surface area (Å²) >= 11 is 0. The van der Waals surface area contributed by atoms with E-state index < -0.39 is 0 Å². The number of epoxide rings is 1. The maximum absolute atomic E-state index is 10.9. The summed E-state index contributed by atoms with van der Waals surface area (Å²) in [5.74, 6) is -0.0829. The van der Waals surface area contributed by atoms with Crippen molar-refractivity contribution in [3.8, 4) is 0 Å². The second kappa shape index (κ2) is 2.96. The van der Waals surface area contributed by atoms with Crippen LogP contribution in [-0.2, 0) is 14.3 Å². The number of rotatable bonds is 3. The van der Waals surface area contributed by atoms with Crippen molar-refractivity contribution in [3.05, 3.63) is 0 Å². The van der Waals surface area contributed by atoms with Gasteiger partial charge in [0.1, 0.15) is 11.8 Å². The molecule has 2 aliphatic rings. The molecule has 4 nitrogen and oxygen atoms in total. The van der Waals surface area contributed by atoms with E-state index >= 15 is 0 Å². The molecular weight excluding hydrogens is 170 g/mol. The molecule has 0 bridgehead atoms. The average Bonchev–Trinajstić information content (AvgIpc) is 2.62. The number of ether oxygens (including phenoxy) is 2. The third-order valence-corrected chi connectivity index (χ3v) is 2.58. The van der Waals surface area contributed by atoms with Crippen molar-refractivity contribution < 1.29 is 14.3 Å². The Morgan fingerprint density at radius 1 is 1.69 bits per heavy atom. The minimum atomic E-state index is -0.172. The van der Waals surface area contributed by atoms with Gasteiger partial charge in [0.25, 0.3) is 0 Å². The van der Waals surface area contributed by atoms with Crippen molar-refractivity contribution in [2.75, 3.05) is 6.61 Å². The van der Waals surface area contributed by atoms with Crippen LogP contribution in [0.25, 0.3) is 0 Å². The van der Waals surface area contributed by atoms with E-state index in [2.05, 4.69) is 5.32 Å². The maximum atomic E-state index is 10.9. The molecule has 13 heavy (non-hydrogen) atoms. The molecule has 0 aliphatic carbocycles. The predicted molar refractivity (Wildman–Crippen MR) is 46.1 cm³/mol. The zero-order valence-electron chi connectivity index (χ0n) is 8.00. The van der Waals surface area contributed by atoms with Gasteiger partial charge >= 0.3 is 5.97 Å². The highest BCUT2D eigenvalue weighted by Crippen LogP contribution is 2.25. The van der Waals surface area contributed by atoms with Gasteiger partial charge in [-0.15, -0.1) is 0 Å². The summed E-state index contributed by atoms with van der Waals surface area (Å²) < 4.78 is 10.3. The van der Waals surface area contributed by atoms with E-state index in [0.29, 0.717) is 6.42 Å². The first-order valence-corrected chi connectivity index (χ1v) is 4.70. The molecule has 0 aromatic carbocycles. The number of nitrogens with one attached hydrogen (secondary N) is 1. The minimum Gasteiger partial charge on any atom is -0.461 e. The molecule has 3 atom stereocenters. The van der Waals surface area contributed by atoms with E-state index in [1.807, 2.05) is 13.8 Å². The van der Waals surface area contributed by atoms with Crippen LogP contribution in [0.1, 0.15) is 26.7 Å². The summed E-state index contributed by atoms with van der Waals surface area (Å²) in [6, 6.07) is 0.180. The van der Waals surface area contributed by atoms with E-state index in [9.17, 15) is 4.79 Å². The number of hydrogen-bond donors (Lipinski definition) is 1. The Balaban J connectivity index is 1.83. The number of esters is 1. The van der Waals surface area contributed by atoms with Gasteiger partial charge in [0, 0.05) is 12.5 Å². The Kier molecular flexibility index (Phi) is 2.04. The van der Waals surface area contributed by atoms with Crippen LogP contribution in [0.5, 0.6) is 0 Å². The lowest BCUT2D eigenvalue weighted by Crippen LogP contribution is -2.44. The lowest BCUT2D eigenvalue weighted by molar-refractivity contribution is -0.142. The molecule has 2 heterocycles. The van der Waals surface area contributed by atoms with Gasteiger partial charge in [0.05, 0.1) is 6.61 Å². The molecule has 2 fully saturated rings. The fourth-order valence-corrected chi connectivity index (χ4v) is 1.66. The van der Waals surface area contributed by atoms with Crippen LogP contribution in [0.3, 0.4) is 0 Å². The third kappa shape index (κ3) is 2.00. The van der Waals surface area contributed by atoms with Crippen molar-refractivity contribution in [1.29, 1.82) is 0 Å². The summed E-state index contributed by atoms with van der Waals surface area (Å²) in [6.45, 7) is 4.77.